The highest BCUT2D eigenvalue weighted by Gasteiger charge is 2.29. The lowest BCUT2D eigenvalue weighted by molar-refractivity contribution is -0.140. The van der Waals surface area contributed by atoms with Crippen LogP contribution in [-0.2, 0) is 97.2 Å². The van der Waals surface area contributed by atoms with Gasteiger partial charge in [0, 0.05) is 133 Å². The van der Waals surface area contributed by atoms with Gasteiger partial charge in [0.1, 0.15) is 67.5 Å². The molecular weight excluding hydrogens is 1650 g/mol. The van der Waals surface area contributed by atoms with E-state index in [0.29, 0.717) is 76.9 Å². The molecule has 6 aromatic rings. The molecule has 2 amide bonds. The van der Waals surface area contributed by atoms with Crippen LogP contribution >= 0.6 is 24.8 Å². The van der Waals surface area contributed by atoms with E-state index in [2.05, 4.69) is 36.9 Å². The van der Waals surface area contributed by atoms with Gasteiger partial charge in [0.2, 0.25) is 41.9 Å². The first kappa shape index (κ1) is 105. The standard InChI is InChI=1S/2C28H41N3O7S.C14H22N2O2.C14H21NO6S.2ClH/c2*1-22-17-26(35-5)18-23(2)28(22)39(33,34)30(4)9-13-37-21-27(32)29(3)20-24-7-6-8-25(19-24)38-16-12-31-10-14-36-15-11-31;1-15-12-13-3-2-4-14(11-13)18-10-7-16-5-8-17-9-6-16;1-11-7-13(19-4)8-12(2)14(11)22(17,18)15(3)5-6-20-10-21-9-16;;/h2*6-8,17-19H,9-16,20-21H2,1-5H3;2-4,11,15H,5-10,12H2,1H3;7-9H,5-6,10H2,1-4H3;2*1H. The van der Waals surface area contributed by atoms with Crippen LogP contribution in [0.3, 0.4) is 0 Å². The molecule has 0 bridgehead atoms. The van der Waals surface area contributed by atoms with Crippen molar-refractivity contribution in [3.05, 3.63) is 159 Å². The summed E-state index contributed by atoms with van der Waals surface area (Å²) in [5.74, 6) is 3.94. The number of carbonyl (C=O) groups is 3. The molecule has 9 rings (SSSR count). The number of likely N-dealkylation sites (N-methyl/N-ethyl adjacent to an activating group) is 5. The van der Waals surface area contributed by atoms with Crippen molar-refractivity contribution in [1.29, 1.82) is 0 Å². The van der Waals surface area contributed by atoms with E-state index in [1.165, 1.54) is 46.7 Å². The van der Waals surface area contributed by atoms with Crippen LogP contribution in [0.25, 0.3) is 0 Å². The fraction of sp³-hybridized carbons (Fsp3) is 0.536. The highest BCUT2D eigenvalue weighted by Crippen LogP contribution is 2.31. The van der Waals surface area contributed by atoms with E-state index >= 15 is 0 Å². The normalized spacial score (nSPS) is 14.0. The summed E-state index contributed by atoms with van der Waals surface area (Å²) < 4.78 is 151. The second-order valence-electron chi connectivity index (χ2n) is 28.5. The quantitative estimate of drug-likeness (QED) is 0.0218. The van der Waals surface area contributed by atoms with Gasteiger partial charge in [-0.05, 0) is 171 Å². The molecule has 36 heteroatoms. The Labute approximate surface area is 723 Å². The monoisotopic (exact) mass is 1780 g/mol. The molecule has 3 fully saturated rings. The zero-order valence-electron chi connectivity index (χ0n) is 72.3. The maximum Gasteiger partial charge on any atom is 0.295 e. The molecule has 0 radical (unpaired) electrons. The number of sulfonamides is 3. The van der Waals surface area contributed by atoms with E-state index < -0.39 is 30.1 Å². The zero-order chi connectivity index (χ0) is 86.2. The second kappa shape index (κ2) is 54.8. The first-order valence-corrected chi connectivity index (χ1v) is 43.6. The summed E-state index contributed by atoms with van der Waals surface area (Å²) in [5.41, 5.74) is 6.85. The molecule has 0 aliphatic carbocycles. The first-order chi connectivity index (χ1) is 56.4. The number of nitrogens with zero attached hydrogens (tertiary/aromatic N) is 8. The van der Waals surface area contributed by atoms with E-state index in [-0.39, 0.29) is 117 Å². The van der Waals surface area contributed by atoms with Gasteiger partial charge in [0.05, 0.1) is 95.5 Å². The minimum atomic E-state index is -3.72. The average molecular weight is 1780 g/mol. The first-order valence-electron chi connectivity index (χ1n) is 39.3. The van der Waals surface area contributed by atoms with Crippen molar-refractivity contribution in [3.63, 3.8) is 0 Å². The summed E-state index contributed by atoms with van der Waals surface area (Å²) >= 11 is 0. The summed E-state index contributed by atoms with van der Waals surface area (Å²) in [6.45, 7) is 27.7. The van der Waals surface area contributed by atoms with Crippen LogP contribution in [0.5, 0.6) is 34.5 Å². The molecule has 3 saturated heterocycles. The molecule has 31 nitrogen and oxygen atoms in total. The Bertz CT molecular complexity index is 4170. The van der Waals surface area contributed by atoms with Gasteiger partial charge in [-0.2, -0.15) is 12.9 Å². The third-order valence-corrected chi connectivity index (χ3v) is 25.9. The number of hydrogen-bond donors (Lipinski definition) is 1. The van der Waals surface area contributed by atoms with Crippen molar-refractivity contribution in [2.75, 3.05) is 241 Å². The van der Waals surface area contributed by atoms with Crippen LogP contribution in [0.15, 0.2) is 124 Å². The fourth-order valence-corrected chi connectivity index (χ4v) is 17.6. The van der Waals surface area contributed by atoms with E-state index in [1.807, 2.05) is 67.7 Å². The lowest BCUT2D eigenvalue weighted by Crippen LogP contribution is -2.38. The second-order valence-corrected chi connectivity index (χ2v) is 34.5. The van der Waals surface area contributed by atoms with E-state index in [0.717, 1.165) is 140 Å². The molecule has 3 heterocycles. The molecular formula is C84H127Cl2N9O22S3. The Balaban J connectivity index is 0.000000350. The lowest BCUT2D eigenvalue weighted by atomic mass is 10.1. The van der Waals surface area contributed by atoms with Gasteiger partial charge in [-0.1, -0.05) is 36.4 Å². The number of aryl methyl sites for hydroxylation is 6. The lowest BCUT2D eigenvalue weighted by Gasteiger charge is -2.26. The van der Waals surface area contributed by atoms with Crippen molar-refractivity contribution < 1.29 is 101 Å². The van der Waals surface area contributed by atoms with Crippen LogP contribution in [0.2, 0.25) is 0 Å². The summed E-state index contributed by atoms with van der Waals surface area (Å²) in [7, 11) is 3.42. The van der Waals surface area contributed by atoms with Crippen LogP contribution in [0, 0.1) is 41.5 Å². The topological polar surface area (TPSA) is 312 Å². The molecule has 672 valence electrons. The van der Waals surface area contributed by atoms with E-state index in [4.69, 9.17) is 56.8 Å². The molecule has 0 atom stereocenters. The number of rotatable bonds is 43. The predicted molar refractivity (Wildman–Crippen MR) is 464 cm³/mol. The van der Waals surface area contributed by atoms with Crippen LogP contribution in [0.4, 0.5) is 0 Å². The van der Waals surface area contributed by atoms with Gasteiger partial charge in [-0.15, -0.1) is 24.8 Å². The summed E-state index contributed by atoms with van der Waals surface area (Å²) in [4.78, 5) is 46.1. The highest BCUT2D eigenvalue weighted by molar-refractivity contribution is 7.89. The Hall–Kier alpha value is -7.56. The highest BCUT2D eigenvalue weighted by atomic mass is 35.5. The molecule has 0 aromatic heterocycles. The number of halogens is 2. The number of hydrogen-bond acceptors (Lipinski definition) is 26. The minimum Gasteiger partial charge on any atom is -0.497 e. The Morgan fingerprint density at radius 3 is 0.983 bits per heavy atom. The van der Waals surface area contributed by atoms with E-state index in [1.54, 1.807) is 116 Å². The van der Waals surface area contributed by atoms with Crippen molar-refractivity contribution in [2.45, 2.75) is 75.9 Å². The molecule has 0 spiro atoms. The Kier molecular flexibility index (Phi) is 47.9. The van der Waals surface area contributed by atoms with Crippen LogP contribution in [0.1, 0.15) is 50.1 Å². The van der Waals surface area contributed by atoms with Crippen molar-refractivity contribution in [2.24, 2.45) is 0 Å². The molecule has 3 aliphatic rings. The number of nitrogens with one attached hydrogen (secondary N) is 1. The van der Waals surface area contributed by atoms with E-state index in [9.17, 15) is 39.6 Å². The maximum absolute atomic E-state index is 13.1. The molecule has 0 unspecified atom stereocenters. The number of benzene rings is 6. The maximum atomic E-state index is 13.1. The Morgan fingerprint density at radius 1 is 0.417 bits per heavy atom. The molecule has 6 aromatic carbocycles. The number of methoxy groups -OCH3 is 3. The number of ether oxygens (including phenoxy) is 13. The third-order valence-electron chi connectivity index (χ3n) is 19.4. The zero-order valence-corrected chi connectivity index (χ0v) is 76.4. The summed E-state index contributed by atoms with van der Waals surface area (Å²) in [6, 6.07) is 33.8. The van der Waals surface area contributed by atoms with Gasteiger partial charge in [-0.25, -0.2) is 25.3 Å². The molecule has 3 aliphatic heterocycles. The van der Waals surface area contributed by atoms with Crippen LogP contribution < -0.4 is 33.7 Å². The van der Waals surface area contributed by atoms with Crippen molar-refractivity contribution in [1.82, 2.24) is 42.7 Å². The van der Waals surface area contributed by atoms with Crippen molar-refractivity contribution in [3.8, 4) is 34.5 Å². The minimum absolute atomic E-state index is 0. The summed E-state index contributed by atoms with van der Waals surface area (Å²) in [5, 5.41) is 3.14. The SMILES string of the molecule is CNCc1cccc(OCCN2CCOCC2)c1.COc1cc(C)c(S(=O)(=O)N(C)CCOCC(=O)N(C)Cc2cccc(OCCN3CCOCC3)c2)c(C)c1.COc1cc(C)c(S(=O)(=O)N(C)CCOCC(=O)N(C)Cc2cccc(OCCN3CCOCC3)c2)c(C)c1.COc1cc(C)c(S(=O)(=O)N(C)CCOCOC=O)c(C)c1.Cl.Cl. The fourth-order valence-electron chi connectivity index (χ4n) is 12.9. The van der Waals surface area contributed by atoms with Gasteiger partial charge in [0.15, 0.2) is 6.79 Å². The van der Waals surface area contributed by atoms with Gasteiger partial charge >= 0.3 is 0 Å². The number of carbonyl (C=O) groups excluding carboxylic acids is 3. The van der Waals surface area contributed by atoms with Crippen LogP contribution in [-0.4, -0.2) is 322 Å². The predicted octanol–water partition coefficient (Wildman–Crippen LogP) is 7.68. The average Bonchev–Trinajstić information content (AvgIpc) is 0.795. The number of amides is 2. The molecule has 1 N–H and O–H groups in total. The number of morpholine rings is 3. The van der Waals surface area contributed by atoms with Crippen molar-refractivity contribution >= 4 is 73.2 Å². The molecule has 120 heavy (non-hydrogen) atoms. The van der Waals surface area contributed by atoms with Gasteiger partial charge in [-0.3, -0.25) is 29.1 Å². The summed E-state index contributed by atoms with van der Waals surface area (Å²) in [6.07, 6.45) is 0. The Morgan fingerprint density at radius 2 is 0.700 bits per heavy atom. The largest absolute Gasteiger partial charge is 0.497 e. The molecule has 0 saturated carbocycles. The van der Waals surface area contributed by atoms with Gasteiger partial charge < -0.3 is 76.7 Å². The smallest absolute Gasteiger partial charge is 0.295 e. The van der Waals surface area contributed by atoms with Gasteiger partial charge in [0.25, 0.3) is 6.47 Å². The third kappa shape index (κ3) is 35.0.